The Balaban J connectivity index is 3.06. The summed E-state index contributed by atoms with van der Waals surface area (Å²) in [7, 11) is 0. The van der Waals surface area contributed by atoms with Crippen LogP contribution in [0.4, 0.5) is 0 Å². The minimum absolute atomic E-state index is 0.890. The third-order valence-electron chi connectivity index (χ3n) is 4.79. The van der Waals surface area contributed by atoms with Crippen molar-refractivity contribution in [2.75, 3.05) is 0 Å². The molecule has 0 rings (SSSR count). The standard InChI is InChI=1S/C23H46/c1-4-5-6-7-8-9-10-11-12-13-14-15-16-17-18-19-20-21-22-23(2)3/h13-14,23H,4-12,15-22H2,1-3H3. The highest BCUT2D eigenvalue weighted by atomic mass is 14.0. The van der Waals surface area contributed by atoms with Crippen molar-refractivity contribution in [2.24, 2.45) is 5.92 Å². The van der Waals surface area contributed by atoms with E-state index in [-0.39, 0.29) is 0 Å². The molecular formula is C23H46. The van der Waals surface area contributed by atoms with E-state index >= 15 is 0 Å². The van der Waals surface area contributed by atoms with Gasteiger partial charge in [-0.25, -0.2) is 0 Å². The van der Waals surface area contributed by atoms with Crippen molar-refractivity contribution in [3.63, 3.8) is 0 Å². The van der Waals surface area contributed by atoms with Crippen LogP contribution in [0.25, 0.3) is 0 Å². The van der Waals surface area contributed by atoms with Gasteiger partial charge in [0.05, 0.1) is 0 Å². The lowest BCUT2D eigenvalue weighted by Gasteiger charge is -2.03. The normalized spacial score (nSPS) is 11.8. The highest BCUT2D eigenvalue weighted by Gasteiger charge is 1.94. The lowest BCUT2D eigenvalue weighted by molar-refractivity contribution is 0.512. The second kappa shape index (κ2) is 19.8. The fraction of sp³-hybridized carbons (Fsp3) is 0.913. The van der Waals surface area contributed by atoms with E-state index < -0.39 is 0 Å². The van der Waals surface area contributed by atoms with E-state index in [0.29, 0.717) is 0 Å². The molecule has 0 heterocycles. The van der Waals surface area contributed by atoms with Crippen LogP contribution in [-0.4, -0.2) is 0 Å². The Morgan fingerprint density at radius 2 is 0.913 bits per heavy atom. The number of hydrogen-bond acceptors (Lipinski definition) is 0. The molecule has 0 saturated heterocycles. The first-order chi connectivity index (χ1) is 11.3. The minimum atomic E-state index is 0.890. The molecule has 0 saturated carbocycles. The Kier molecular flexibility index (Phi) is 19.6. The van der Waals surface area contributed by atoms with Crippen LogP contribution in [0.1, 0.15) is 130 Å². The Bertz CT molecular complexity index is 226. The maximum Gasteiger partial charge on any atom is -0.0351 e. The molecule has 0 unspecified atom stereocenters. The maximum absolute atomic E-state index is 2.43. The predicted molar refractivity (Wildman–Crippen MR) is 108 cm³/mol. The molecule has 0 heteroatoms. The number of rotatable bonds is 18. The number of allylic oxidation sites excluding steroid dienone is 2. The molecule has 138 valence electrons. The van der Waals surface area contributed by atoms with E-state index in [9.17, 15) is 0 Å². The van der Waals surface area contributed by atoms with Crippen molar-refractivity contribution in [3.8, 4) is 0 Å². The van der Waals surface area contributed by atoms with Gasteiger partial charge in [0.15, 0.2) is 0 Å². The van der Waals surface area contributed by atoms with Crippen LogP contribution in [0.3, 0.4) is 0 Å². The first-order valence-corrected chi connectivity index (χ1v) is 10.9. The summed E-state index contributed by atoms with van der Waals surface area (Å²) in [4.78, 5) is 0. The van der Waals surface area contributed by atoms with Gasteiger partial charge in [-0.3, -0.25) is 0 Å². The molecule has 0 aliphatic carbocycles. The highest BCUT2D eigenvalue weighted by Crippen LogP contribution is 2.13. The van der Waals surface area contributed by atoms with Crippen molar-refractivity contribution in [3.05, 3.63) is 12.2 Å². The molecule has 0 atom stereocenters. The average molecular weight is 323 g/mol. The summed E-state index contributed by atoms with van der Waals surface area (Å²) in [6.07, 6.45) is 29.0. The van der Waals surface area contributed by atoms with Crippen molar-refractivity contribution in [2.45, 2.75) is 130 Å². The van der Waals surface area contributed by atoms with Gasteiger partial charge in [0.2, 0.25) is 0 Å². The molecule has 0 amide bonds. The summed E-state index contributed by atoms with van der Waals surface area (Å²) in [5.41, 5.74) is 0. The van der Waals surface area contributed by atoms with Gasteiger partial charge in [-0.15, -0.1) is 0 Å². The smallest absolute Gasteiger partial charge is 0.0351 e. The molecule has 0 aromatic rings. The first kappa shape index (κ1) is 22.7. The van der Waals surface area contributed by atoms with Crippen LogP contribution in [0.2, 0.25) is 0 Å². The van der Waals surface area contributed by atoms with Crippen LogP contribution in [0, 0.1) is 5.92 Å². The number of hydrogen-bond donors (Lipinski definition) is 0. The van der Waals surface area contributed by atoms with Crippen LogP contribution in [0.15, 0.2) is 12.2 Å². The van der Waals surface area contributed by atoms with Gasteiger partial charge in [-0.1, -0.05) is 116 Å². The molecule has 0 aromatic heterocycles. The average Bonchev–Trinajstić information content (AvgIpc) is 2.53. The van der Waals surface area contributed by atoms with Crippen LogP contribution in [-0.2, 0) is 0 Å². The minimum Gasteiger partial charge on any atom is -0.0885 e. The summed E-state index contributed by atoms with van der Waals surface area (Å²) in [6, 6.07) is 0. The van der Waals surface area contributed by atoms with Crippen molar-refractivity contribution >= 4 is 0 Å². The summed E-state index contributed by atoms with van der Waals surface area (Å²) in [5.74, 6) is 0.890. The third kappa shape index (κ3) is 21.7. The van der Waals surface area contributed by atoms with Crippen LogP contribution in [0.5, 0.6) is 0 Å². The van der Waals surface area contributed by atoms with Crippen molar-refractivity contribution < 1.29 is 0 Å². The lowest BCUT2D eigenvalue weighted by Crippen LogP contribution is -1.87. The monoisotopic (exact) mass is 322 g/mol. The van der Waals surface area contributed by atoms with Crippen LogP contribution >= 0.6 is 0 Å². The Morgan fingerprint density at radius 3 is 1.35 bits per heavy atom. The fourth-order valence-corrected chi connectivity index (χ4v) is 3.15. The molecule has 0 bridgehead atoms. The molecule has 0 nitrogen and oxygen atoms in total. The molecule has 0 N–H and O–H groups in total. The summed E-state index contributed by atoms with van der Waals surface area (Å²) >= 11 is 0. The van der Waals surface area contributed by atoms with Crippen molar-refractivity contribution in [1.29, 1.82) is 0 Å². The second-order valence-corrected chi connectivity index (χ2v) is 7.83. The van der Waals surface area contributed by atoms with E-state index in [2.05, 4.69) is 32.9 Å². The Morgan fingerprint density at radius 1 is 0.522 bits per heavy atom. The quantitative estimate of drug-likeness (QED) is 0.174. The maximum atomic E-state index is 2.43. The van der Waals surface area contributed by atoms with E-state index in [1.54, 1.807) is 0 Å². The molecular weight excluding hydrogens is 276 g/mol. The zero-order valence-corrected chi connectivity index (χ0v) is 16.8. The molecule has 0 spiro atoms. The van der Waals surface area contributed by atoms with Crippen LogP contribution < -0.4 is 0 Å². The van der Waals surface area contributed by atoms with Gasteiger partial charge in [0, 0.05) is 0 Å². The predicted octanol–water partition coefficient (Wildman–Crippen LogP) is 8.85. The summed E-state index contributed by atoms with van der Waals surface area (Å²) < 4.78 is 0. The molecule has 0 fully saturated rings. The fourth-order valence-electron chi connectivity index (χ4n) is 3.15. The zero-order valence-electron chi connectivity index (χ0n) is 16.8. The van der Waals surface area contributed by atoms with Gasteiger partial charge in [-0.05, 0) is 31.6 Å². The molecule has 0 aliphatic rings. The van der Waals surface area contributed by atoms with E-state index in [4.69, 9.17) is 0 Å². The van der Waals surface area contributed by atoms with E-state index in [0.717, 1.165) is 5.92 Å². The highest BCUT2D eigenvalue weighted by molar-refractivity contribution is 4.81. The summed E-state index contributed by atoms with van der Waals surface area (Å²) in [5, 5.41) is 0. The van der Waals surface area contributed by atoms with Gasteiger partial charge in [-0.2, -0.15) is 0 Å². The molecule has 23 heavy (non-hydrogen) atoms. The Hall–Kier alpha value is -0.260. The first-order valence-electron chi connectivity index (χ1n) is 10.9. The topological polar surface area (TPSA) is 0 Å². The summed E-state index contributed by atoms with van der Waals surface area (Å²) in [6.45, 7) is 6.96. The van der Waals surface area contributed by atoms with Gasteiger partial charge < -0.3 is 0 Å². The van der Waals surface area contributed by atoms with Gasteiger partial charge >= 0.3 is 0 Å². The van der Waals surface area contributed by atoms with E-state index in [1.807, 2.05) is 0 Å². The third-order valence-corrected chi connectivity index (χ3v) is 4.79. The van der Waals surface area contributed by atoms with Gasteiger partial charge in [0.25, 0.3) is 0 Å². The largest absolute Gasteiger partial charge is 0.0885 e. The molecule has 0 aromatic carbocycles. The Labute approximate surface area is 148 Å². The number of unbranched alkanes of at least 4 members (excludes halogenated alkanes) is 14. The zero-order chi connectivity index (χ0) is 17.0. The molecule has 0 radical (unpaired) electrons. The van der Waals surface area contributed by atoms with Crippen molar-refractivity contribution in [1.82, 2.24) is 0 Å². The lowest BCUT2D eigenvalue weighted by atomic mass is 10.0. The van der Waals surface area contributed by atoms with E-state index in [1.165, 1.54) is 109 Å². The van der Waals surface area contributed by atoms with Gasteiger partial charge in [0.1, 0.15) is 0 Å². The second-order valence-electron chi connectivity index (χ2n) is 7.83. The molecule has 0 aliphatic heterocycles. The SMILES string of the molecule is CCCCCCCCCCC=CCCCCCCCCC(C)C.